The van der Waals surface area contributed by atoms with Crippen molar-refractivity contribution in [3.8, 4) is 0 Å². The fourth-order valence-electron chi connectivity index (χ4n) is 0.967. The lowest BCUT2D eigenvalue weighted by Crippen LogP contribution is -2.31. The van der Waals surface area contributed by atoms with Crippen molar-refractivity contribution in [2.75, 3.05) is 6.54 Å². The standard InChI is InChI=1S/C10H13BrN2O2/c1-2-8(14)6-13-10(15)7-3-4-9(11)12-5-7/h3-5,8,14H,2,6H2,1H3,(H,13,15). The van der Waals surface area contributed by atoms with Gasteiger partial charge in [-0.3, -0.25) is 4.79 Å². The fourth-order valence-corrected chi connectivity index (χ4v) is 1.20. The number of hydrogen-bond acceptors (Lipinski definition) is 3. The molecule has 0 aromatic carbocycles. The largest absolute Gasteiger partial charge is 0.391 e. The number of amides is 1. The molecule has 0 aliphatic heterocycles. The second-order valence-electron chi connectivity index (χ2n) is 3.14. The van der Waals surface area contributed by atoms with Gasteiger partial charge >= 0.3 is 0 Å². The second-order valence-corrected chi connectivity index (χ2v) is 3.95. The highest BCUT2D eigenvalue weighted by Crippen LogP contribution is 2.06. The Kier molecular flexibility index (Phi) is 4.71. The Labute approximate surface area is 96.8 Å². The molecule has 82 valence electrons. The van der Waals surface area contributed by atoms with Gasteiger partial charge in [0.2, 0.25) is 0 Å². The van der Waals surface area contributed by atoms with Crippen LogP contribution in [0.4, 0.5) is 0 Å². The number of carbonyl (C=O) groups excluding carboxylic acids is 1. The van der Waals surface area contributed by atoms with Crippen molar-refractivity contribution in [2.24, 2.45) is 0 Å². The Morgan fingerprint density at radius 3 is 2.93 bits per heavy atom. The molecule has 0 fully saturated rings. The van der Waals surface area contributed by atoms with Crippen LogP contribution >= 0.6 is 15.9 Å². The number of aliphatic hydroxyl groups excluding tert-OH is 1. The highest BCUT2D eigenvalue weighted by atomic mass is 79.9. The van der Waals surface area contributed by atoms with Crippen LogP contribution in [-0.2, 0) is 0 Å². The van der Waals surface area contributed by atoms with E-state index in [0.29, 0.717) is 16.6 Å². The number of nitrogens with one attached hydrogen (secondary N) is 1. The third-order valence-electron chi connectivity index (χ3n) is 1.96. The van der Waals surface area contributed by atoms with Gasteiger partial charge in [-0.25, -0.2) is 4.98 Å². The molecule has 0 spiro atoms. The minimum Gasteiger partial charge on any atom is -0.391 e. The van der Waals surface area contributed by atoms with E-state index < -0.39 is 6.10 Å². The number of aromatic nitrogens is 1. The molecule has 0 aliphatic rings. The number of aliphatic hydroxyl groups is 1. The van der Waals surface area contributed by atoms with Crippen molar-refractivity contribution in [1.29, 1.82) is 0 Å². The molecule has 0 aliphatic carbocycles. The zero-order valence-electron chi connectivity index (χ0n) is 8.40. The van der Waals surface area contributed by atoms with E-state index in [1.54, 1.807) is 12.1 Å². The van der Waals surface area contributed by atoms with E-state index in [9.17, 15) is 9.90 Å². The van der Waals surface area contributed by atoms with E-state index in [4.69, 9.17) is 0 Å². The number of halogens is 1. The molecule has 1 heterocycles. The highest BCUT2D eigenvalue weighted by molar-refractivity contribution is 9.10. The summed E-state index contributed by atoms with van der Waals surface area (Å²) >= 11 is 3.19. The smallest absolute Gasteiger partial charge is 0.252 e. The Bertz CT molecular complexity index is 327. The number of pyridine rings is 1. The van der Waals surface area contributed by atoms with E-state index in [2.05, 4.69) is 26.2 Å². The normalized spacial score (nSPS) is 12.2. The van der Waals surface area contributed by atoms with Crippen molar-refractivity contribution in [3.05, 3.63) is 28.5 Å². The van der Waals surface area contributed by atoms with Crippen molar-refractivity contribution in [1.82, 2.24) is 10.3 Å². The van der Waals surface area contributed by atoms with Crippen LogP contribution in [0.25, 0.3) is 0 Å². The molecular formula is C10H13BrN2O2. The van der Waals surface area contributed by atoms with E-state index in [0.717, 1.165) is 0 Å². The summed E-state index contributed by atoms with van der Waals surface area (Å²) in [5, 5.41) is 11.9. The monoisotopic (exact) mass is 272 g/mol. The average Bonchev–Trinajstić information content (AvgIpc) is 2.26. The third-order valence-corrected chi connectivity index (χ3v) is 2.43. The maximum atomic E-state index is 11.5. The summed E-state index contributed by atoms with van der Waals surface area (Å²) in [7, 11) is 0. The molecule has 2 N–H and O–H groups in total. The molecular weight excluding hydrogens is 260 g/mol. The van der Waals surface area contributed by atoms with Crippen molar-refractivity contribution >= 4 is 21.8 Å². The molecule has 1 atom stereocenters. The van der Waals surface area contributed by atoms with Crippen molar-refractivity contribution in [2.45, 2.75) is 19.4 Å². The number of carbonyl (C=O) groups is 1. The minimum atomic E-state index is -0.489. The lowest BCUT2D eigenvalue weighted by atomic mass is 10.2. The van der Waals surface area contributed by atoms with Crippen LogP contribution in [0.3, 0.4) is 0 Å². The Balaban J connectivity index is 2.50. The summed E-state index contributed by atoms with van der Waals surface area (Å²) in [5.74, 6) is -0.220. The van der Waals surface area contributed by atoms with Crippen LogP contribution < -0.4 is 5.32 Å². The van der Waals surface area contributed by atoms with Crippen LogP contribution in [0.1, 0.15) is 23.7 Å². The van der Waals surface area contributed by atoms with E-state index in [-0.39, 0.29) is 12.5 Å². The molecule has 0 radical (unpaired) electrons. The van der Waals surface area contributed by atoms with Gasteiger partial charge in [-0.1, -0.05) is 6.92 Å². The Morgan fingerprint density at radius 2 is 2.40 bits per heavy atom. The van der Waals surface area contributed by atoms with E-state index in [1.807, 2.05) is 6.92 Å². The first kappa shape index (κ1) is 12.1. The molecule has 1 aromatic heterocycles. The average molecular weight is 273 g/mol. The molecule has 0 saturated heterocycles. The maximum Gasteiger partial charge on any atom is 0.252 e. The van der Waals surface area contributed by atoms with Crippen molar-refractivity contribution in [3.63, 3.8) is 0 Å². The number of hydrogen-bond donors (Lipinski definition) is 2. The van der Waals surface area contributed by atoms with Crippen LogP contribution in [0.2, 0.25) is 0 Å². The van der Waals surface area contributed by atoms with E-state index in [1.165, 1.54) is 6.20 Å². The van der Waals surface area contributed by atoms with Gasteiger partial charge in [-0.05, 0) is 34.5 Å². The number of rotatable bonds is 4. The first-order chi connectivity index (χ1) is 7.13. The van der Waals surface area contributed by atoms with Gasteiger partial charge in [-0.2, -0.15) is 0 Å². The first-order valence-corrected chi connectivity index (χ1v) is 5.50. The Morgan fingerprint density at radius 1 is 1.67 bits per heavy atom. The molecule has 0 bridgehead atoms. The van der Waals surface area contributed by atoms with E-state index >= 15 is 0 Å². The molecule has 1 unspecified atom stereocenters. The summed E-state index contributed by atoms with van der Waals surface area (Å²) in [6.07, 6.45) is 1.62. The molecule has 1 rings (SSSR count). The quantitative estimate of drug-likeness (QED) is 0.814. The third kappa shape index (κ3) is 3.97. The van der Waals surface area contributed by atoms with Crippen LogP contribution in [-0.4, -0.2) is 28.6 Å². The van der Waals surface area contributed by atoms with Gasteiger partial charge in [0.15, 0.2) is 0 Å². The van der Waals surface area contributed by atoms with Gasteiger partial charge in [-0.15, -0.1) is 0 Å². The molecule has 1 amide bonds. The molecule has 15 heavy (non-hydrogen) atoms. The first-order valence-electron chi connectivity index (χ1n) is 4.71. The topological polar surface area (TPSA) is 62.2 Å². The van der Waals surface area contributed by atoms with Crippen LogP contribution in [0.15, 0.2) is 22.9 Å². The fraction of sp³-hybridized carbons (Fsp3) is 0.400. The lowest BCUT2D eigenvalue weighted by molar-refractivity contribution is 0.0913. The summed E-state index contributed by atoms with van der Waals surface area (Å²) in [4.78, 5) is 15.4. The maximum absolute atomic E-state index is 11.5. The number of nitrogens with zero attached hydrogens (tertiary/aromatic N) is 1. The van der Waals surface area contributed by atoms with Crippen LogP contribution in [0.5, 0.6) is 0 Å². The predicted octanol–water partition coefficient (Wildman–Crippen LogP) is 1.34. The van der Waals surface area contributed by atoms with Gasteiger partial charge in [0.05, 0.1) is 11.7 Å². The van der Waals surface area contributed by atoms with Gasteiger partial charge in [0, 0.05) is 12.7 Å². The van der Waals surface area contributed by atoms with Crippen molar-refractivity contribution < 1.29 is 9.90 Å². The van der Waals surface area contributed by atoms with Crippen LogP contribution in [0, 0.1) is 0 Å². The SMILES string of the molecule is CCC(O)CNC(=O)c1ccc(Br)nc1. The minimum absolute atomic E-state index is 0.220. The predicted molar refractivity (Wildman–Crippen MR) is 60.6 cm³/mol. The Hall–Kier alpha value is -0.940. The summed E-state index contributed by atoms with van der Waals surface area (Å²) in [6, 6.07) is 3.37. The molecule has 0 saturated carbocycles. The second kappa shape index (κ2) is 5.82. The summed E-state index contributed by atoms with van der Waals surface area (Å²) in [6.45, 7) is 2.13. The van der Waals surface area contributed by atoms with Gasteiger partial charge in [0.1, 0.15) is 4.60 Å². The van der Waals surface area contributed by atoms with Gasteiger partial charge < -0.3 is 10.4 Å². The van der Waals surface area contributed by atoms with Gasteiger partial charge in [0.25, 0.3) is 5.91 Å². The zero-order chi connectivity index (χ0) is 11.3. The summed E-state index contributed by atoms with van der Waals surface area (Å²) in [5.41, 5.74) is 0.488. The molecule has 4 nitrogen and oxygen atoms in total. The zero-order valence-corrected chi connectivity index (χ0v) is 9.99. The summed E-state index contributed by atoms with van der Waals surface area (Å²) < 4.78 is 0.688. The lowest BCUT2D eigenvalue weighted by Gasteiger charge is -2.09. The molecule has 1 aromatic rings. The highest BCUT2D eigenvalue weighted by Gasteiger charge is 2.07. The molecule has 5 heteroatoms.